The number of carbonyl (C=O) groups is 1. The van der Waals surface area contributed by atoms with Crippen molar-refractivity contribution >= 4 is 5.97 Å². The van der Waals surface area contributed by atoms with Gasteiger partial charge in [-0.05, 0) is 12.8 Å². The third-order valence-electron chi connectivity index (χ3n) is 3.69. The smallest absolute Gasteiger partial charge is 0.306 e. The highest BCUT2D eigenvalue weighted by Crippen LogP contribution is 2.25. The van der Waals surface area contributed by atoms with Gasteiger partial charge in [0.25, 0.3) is 0 Å². The van der Waals surface area contributed by atoms with Crippen molar-refractivity contribution in [2.24, 2.45) is 0 Å². The minimum Gasteiger partial charge on any atom is -0.481 e. The van der Waals surface area contributed by atoms with Crippen LogP contribution in [0.15, 0.2) is 0 Å². The van der Waals surface area contributed by atoms with Gasteiger partial charge >= 0.3 is 5.97 Å². The summed E-state index contributed by atoms with van der Waals surface area (Å²) in [7, 11) is 0. The van der Waals surface area contributed by atoms with E-state index in [1.54, 1.807) is 0 Å². The van der Waals surface area contributed by atoms with Crippen LogP contribution in [0.5, 0.6) is 0 Å². The van der Waals surface area contributed by atoms with E-state index in [9.17, 15) is 9.90 Å². The van der Waals surface area contributed by atoms with Crippen LogP contribution in [0.1, 0.15) is 90.9 Å². The molecule has 2 N–H and O–H groups in total. The van der Waals surface area contributed by atoms with Gasteiger partial charge in [0.05, 0.1) is 12.0 Å². The van der Waals surface area contributed by atoms with Crippen molar-refractivity contribution in [2.45, 2.75) is 96.5 Å². The first kappa shape index (κ1) is 18.4. The first-order chi connectivity index (χ1) is 9.04. The van der Waals surface area contributed by atoms with E-state index in [2.05, 4.69) is 6.92 Å². The van der Waals surface area contributed by atoms with Gasteiger partial charge in [0.1, 0.15) is 0 Å². The lowest BCUT2D eigenvalue weighted by molar-refractivity contribution is -0.143. The van der Waals surface area contributed by atoms with E-state index >= 15 is 0 Å². The number of hydrogen-bond donors (Lipinski definition) is 2. The van der Waals surface area contributed by atoms with Crippen molar-refractivity contribution < 1.29 is 15.0 Å². The summed E-state index contributed by atoms with van der Waals surface area (Å²) in [6.07, 6.45) is 11.7. The zero-order valence-electron chi connectivity index (χ0n) is 12.8. The topological polar surface area (TPSA) is 57.5 Å². The molecule has 0 aromatic carbocycles. The molecule has 3 nitrogen and oxygen atoms in total. The molecular formula is C16H32O3. The van der Waals surface area contributed by atoms with Gasteiger partial charge in [-0.1, -0.05) is 71.6 Å². The van der Waals surface area contributed by atoms with E-state index in [4.69, 9.17) is 5.11 Å². The summed E-state index contributed by atoms with van der Waals surface area (Å²) < 4.78 is 0. The molecule has 0 amide bonds. The molecule has 0 aliphatic rings. The summed E-state index contributed by atoms with van der Waals surface area (Å²) in [6.45, 7) is 4.21. The molecule has 0 aliphatic heterocycles. The van der Waals surface area contributed by atoms with Gasteiger partial charge in [-0.3, -0.25) is 4.79 Å². The van der Waals surface area contributed by atoms with Gasteiger partial charge in [-0.25, -0.2) is 0 Å². The van der Waals surface area contributed by atoms with Gasteiger partial charge in [0.2, 0.25) is 0 Å². The summed E-state index contributed by atoms with van der Waals surface area (Å²) in [5.41, 5.74) is -0.983. The Morgan fingerprint density at radius 2 is 1.37 bits per heavy atom. The predicted molar refractivity (Wildman–Crippen MR) is 79.3 cm³/mol. The fourth-order valence-corrected chi connectivity index (χ4v) is 2.64. The van der Waals surface area contributed by atoms with E-state index < -0.39 is 11.6 Å². The molecule has 0 radical (unpaired) electrons. The Labute approximate surface area is 118 Å². The maximum Gasteiger partial charge on any atom is 0.306 e. The van der Waals surface area contributed by atoms with Gasteiger partial charge in [0.15, 0.2) is 0 Å². The summed E-state index contributed by atoms with van der Waals surface area (Å²) in [5, 5.41) is 19.1. The molecular weight excluding hydrogens is 240 g/mol. The molecule has 1 unspecified atom stereocenters. The number of carboxylic acids is 1. The van der Waals surface area contributed by atoms with Crippen molar-refractivity contribution in [1.29, 1.82) is 0 Å². The molecule has 0 heterocycles. The summed E-state index contributed by atoms with van der Waals surface area (Å²) >= 11 is 0. The first-order valence-electron chi connectivity index (χ1n) is 7.98. The average Bonchev–Trinajstić information content (AvgIpc) is 2.32. The van der Waals surface area contributed by atoms with Crippen molar-refractivity contribution in [2.75, 3.05) is 0 Å². The lowest BCUT2D eigenvalue weighted by Gasteiger charge is -2.26. The van der Waals surface area contributed by atoms with Crippen LogP contribution >= 0.6 is 0 Å². The predicted octanol–water partition coefficient (Wildman–Crippen LogP) is 4.52. The van der Waals surface area contributed by atoms with Gasteiger partial charge in [0, 0.05) is 0 Å². The van der Waals surface area contributed by atoms with E-state index in [1.807, 2.05) is 6.92 Å². The highest BCUT2D eigenvalue weighted by atomic mass is 16.4. The van der Waals surface area contributed by atoms with Crippen LogP contribution in [0.2, 0.25) is 0 Å². The zero-order valence-corrected chi connectivity index (χ0v) is 12.8. The highest BCUT2D eigenvalue weighted by Gasteiger charge is 2.28. The molecule has 0 bridgehead atoms. The van der Waals surface area contributed by atoms with E-state index in [1.165, 1.54) is 38.5 Å². The Kier molecular flexibility index (Phi) is 10.9. The molecule has 0 spiro atoms. The molecule has 0 saturated heterocycles. The van der Waals surface area contributed by atoms with Gasteiger partial charge in [-0.15, -0.1) is 0 Å². The van der Waals surface area contributed by atoms with Crippen LogP contribution in [-0.2, 0) is 4.79 Å². The fourth-order valence-electron chi connectivity index (χ4n) is 2.64. The van der Waals surface area contributed by atoms with Crippen LogP contribution in [0.3, 0.4) is 0 Å². The highest BCUT2D eigenvalue weighted by molar-refractivity contribution is 5.68. The quantitative estimate of drug-likeness (QED) is 0.484. The average molecular weight is 272 g/mol. The summed E-state index contributed by atoms with van der Waals surface area (Å²) in [6, 6.07) is 0. The van der Waals surface area contributed by atoms with E-state index in [0.29, 0.717) is 12.8 Å². The van der Waals surface area contributed by atoms with Crippen LogP contribution in [0, 0.1) is 0 Å². The van der Waals surface area contributed by atoms with Gasteiger partial charge < -0.3 is 10.2 Å². The number of aliphatic hydroxyl groups is 1. The van der Waals surface area contributed by atoms with Crippen molar-refractivity contribution in [3.8, 4) is 0 Å². The summed E-state index contributed by atoms with van der Waals surface area (Å²) in [4.78, 5) is 10.8. The standard InChI is InChI=1S/C16H32O3/c1-3-5-6-7-8-9-10-11-13-16(19,12-4-2)14-15(17)18/h19H,3-14H2,1-2H3,(H,17,18). The zero-order chi connectivity index (χ0) is 14.6. The maximum absolute atomic E-state index is 10.8. The minimum atomic E-state index is -0.983. The van der Waals surface area contributed by atoms with Crippen molar-refractivity contribution in [3.63, 3.8) is 0 Å². The fraction of sp³-hybridized carbons (Fsp3) is 0.938. The monoisotopic (exact) mass is 272 g/mol. The second kappa shape index (κ2) is 11.3. The molecule has 1 atom stereocenters. The Morgan fingerprint density at radius 3 is 1.84 bits per heavy atom. The maximum atomic E-state index is 10.8. The third kappa shape index (κ3) is 11.0. The second-order valence-electron chi connectivity index (χ2n) is 5.77. The molecule has 0 aromatic rings. The van der Waals surface area contributed by atoms with Gasteiger partial charge in [-0.2, -0.15) is 0 Å². The Hall–Kier alpha value is -0.570. The van der Waals surface area contributed by atoms with E-state index in [0.717, 1.165) is 19.3 Å². The number of hydrogen-bond acceptors (Lipinski definition) is 2. The molecule has 114 valence electrons. The van der Waals surface area contributed by atoms with Crippen molar-refractivity contribution in [1.82, 2.24) is 0 Å². The molecule has 3 heteroatoms. The first-order valence-corrected chi connectivity index (χ1v) is 7.98. The summed E-state index contributed by atoms with van der Waals surface area (Å²) in [5.74, 6) is -0.893. The number of carboxylic acid groups (broad SMARTS) is 1. The molecule has 0 aromatic heterocycles. The third-order valence-corrected chi connectivity index (χ3v) is 3.69. The number of rotatable bonds is 13. The van der Waals surface area contributed by atoms with Crippen LogP contribution < -0.4 is 0 Å². The largest absolute Gasteiger partial charge is 0.481 e. The Balaban J connectivity index is 3.66. The SMILES string of the molecule is CCCCCCCCCCC(O)(CCC)CC(=O)O. The molecule has 0 aliphatic carbocycles. The molecule has 0 fully saturated rings. The minimum absolute atomic E-state index is 0.114. The lowest BCUT2D eigenvalue weighted by Crippen LogP contribution is -2.31. The van der Waals surface area contributed by atoms with Crippen LogP contribution in [-0.4, -0.2) is 21.8 Å². The lowest BCUT2D eigenvalue weighted by atomic mass is 9.88. The normalized spacial score (nSPS) is 14.3. The van der Waals surface area contributed by atoms with Crippen LogP contribution in [0.4, 0.5) is 0 Å². The Morgan fingerprint density at radius 1 is 0.842 bits per heavy atom. The second-order valence-corrected chi connectivity index (χ2v) is 5.77. The number of unbranched alkanes of at least 4 members (excludes halogenated alkanes) is 7. The van der Waals surface area contributed by atoms with Crippen LogP contribution in [0.25, 0.3) is 0 Å². The van der Waals surface area contributed by atoms with E-state index in [-0.39, 0.29) is 6.42 Å². The molecule has 0 rings (SSSR count). The number of aliphatic carboxylic acids is 1. The molecule has 0 saturated carbocycles. The van der Waals surface area contributed by atoms with Crippen molar-refractivity contribution in [3.05, 3.63) is 0 Å². The Bertz CT molecular complexity index is 228. The molecule has 19 heavy (non-hydrogen) atoms.